The lowest BCUT2D eigenvalue weighted by molar-refractivity contribution is -0.384. The summed E-state index contributed by atoms with van der Waals surface area (Å²) in [6, 6.07) is 10.0. The van der Waals surface area contributed by atoms with E-state index in [1.807, 2.05) is 0 Å². The fraction of sp³-hybridized carbons (Fsp3) is 0.292. The Labute approximate surface area is 207 Å². The highest BCUT2D eigenvalue weighted by Crippen LogP contribution is 2.35. The fourth-order valence-electron chi connectivity index (χ4n) is 3.28. The number of nitrogens with zero attached hydrogens (tertiary/aromatic N) is 2. The van der Waals surface area contributed by atoms with Crippen LogP contribution >= 0.6 is 24.0 Å². The lowest BCUT2D eigenvalue weighted by Gasteiger charge is -2.13. The maximum atomic E-state index is 12.8. The van der Waals surface area contributed by atoms with Crippen LogP contribution in [0.5, 0.6) is 11.5 Å². The molecule has 2 aromatic rings. The molecule has 0 aliphatic carbocycles. The zero-order valence-electron chi connectivity index (χ0n) is 18.8. The van der Waals surface area contributed by atoms with E-state index in [0.29, 0.717) is 27.1 Å². The van der Waals surface area contributed by atoms with E-state index in [0.717, 1.165) is 25.7 Å². The first-order valence-corrected chi connectivity index (χ1v) is 12.0. The molecule has 1 saturated heterocycles. The van der Waals surface area contributed by atoms with E-state index in [2.05, 4.69) is 6.92 Å². The van der Waals surface area contributed by atoms with Gasteiger partial charge in [-0.25, -0.2) is 4.79 Å². The molecule has 34 heavy (non-hydrogen) atoms. The number of methoxy groups -OCH3 is 1. The van der Waals surface area contributed by atoms with Gasteiger partial charge in [-0.2, -0.15) is 0 Å². The Morgan fingerprint density at radius 3 is 2.53 bits per heavy atom. The highest BCUT2D eigenvalue weighted by atomic mass is 32.2. The molecule has 0 saturated carbocycles. The number of nitro groups is 1. The van der Waals surface area contributed by atoms with Gasteiger partial charge < -0.3 is 9.47 Å². The highest BCUT2D eigenvalue weighted by molar-refractivity contribution is 8.26. The number of amides is 1. The standard InChI is InChI=1S/C24H24N2O6S2/c1-3-4-5-6-13-25-22(27)21(34-24(25)33)15-16-7-12-19(20(14-16)31-2)32-23(28)17-8-10-18(11-9-17)26(29)30/h7-12,14-15H,3-6,13H2,1-2H3. The number of non-ortho nitro benzene ring substituents is 1. The Hall–Kier alpha value is -3.24. The van der Waals surface area contributed by atoms with Crippen LogP contribution in [-0.2, 0) is 4.79 Å². The van der Waals surface area contributed by atoms with E-state index in [4.69, 9.17) is 21.7 Å². The highest BCUT2D eigenvalue weighted by Gasteiger charge is 2.31. The molecule has 1 aliphatic rings. The van der Waals surface area contributed by atoms with Crippen molar-refractivity contribution < 1.29 is 24.0 Å². The van der Waals surface area contributed by atoms with Crippen LogP contribution < -0.4 is 9.47 Å². The van der Waals surface area contributed by atoms with Crippen molar-refractivity contribution in [3.05, 3.63) is 68.6 Å². The minimum Gasteiger partial charge on any atom is -0.493 e. The molecular weight excluding hydrogens is 476 g/mol. The summed E-state index contributed by atoms with van der Waals surface area (Å²) in [5.74, 6) is -0.297. The van der Waals surface area contributed by atoms with Gasteiger partial charge in [0, 0.05) is 18.7 Å². The second-order valence-electron chi connectivity index (χ2n) is 7.50. The molecule has 1 fully saturated rings. The van der Waals surface area contributed by atoms with Gasteiger partial charge in [0.25, 0.3) is 11.6 Å². The van der Waals surface area contributed by atoms with Crippen molar-refractivity contribution in [2.75, 3.05) is 13.7 Å². The van der Waals surface area contributed by atoms with E-state index < -0.39 is 10.9 Å². The van der Waals surface area contributed by atoms with E-state index in [-0.39, 0.29) is 22.9 Å². The third kappa shape index (κ3) is 6.21. The molecule has 1 heterocycles. The third-order valence-electron chi connectivity index (χ3n) is 5.11. The van der Waals surface area contributed by atoms with E-state index in [9.17, 15) is 19.7 Å². The van der Waals surface area contributed by atoms with Gasteiger partial charge in [-0.1, -0.05) is 56.2 Å². The number of benzene rings is 2. The molecule has 0 unspecified atom stereocenters. The van der Waals surface area contributed by atoms with Crippen LogP contribution in [0.4, 0.5) is 5.69 Å². The molecule has 8 nitrogen and oxygen atoms in total. The number of ether oxygens (including phenoxy) is 2. The maximum absolute atomic E-state index is 12.8. The molecule has 3 rings (SSSR count). The number of rotatable bonds is 10. The molecule has 10 heteroatoms. The Morgan fingerprint density at radius 2 is 1.88 bits per heavy atom. The zero-order valence-corrected chi connectivity index (χ0v) is 20.4. The van der Waals surface area contributed by atoms with Crippen molar-refractivity contribution in [3.8, 4) is 11.5 Å². The monoisotopic (exact) mass is 500 g/mol. The van der Waals surface area contributed by atoms with E-state index >= 15 is 0 Å². The number of hydrogen-bond donors (Lipinski definition) is 0. The summed E-state index contributed by atoms with van der Waals surface area (Å²) in [4.78, 5) is 37.6. The second kappa shape index (κ2) is 11.8. The Morgan fingerprint density at radius 1 is 1.15 bits per heavy atom. The third-order valence-corrected chi connectivity index (χ3v) is 6.49. The van der Waals surface area contributed by atoms with Crippen LogP contribution in [0.15, 0.2) is 47.4 Å². The van der Waals surface area contributed by atoms with E-state index in [1.165, 1.54) is 43.1 Å². The molecule has 178 valence electrons. The van der Waals surface area contributed by atoms with Gasteiger partial charge in [0.1, 0.15) is 4.32 Å². The summed E-state index contributed by atoms with van der Waals surface area (Å²) >= 11 is 6.65. The average Bonchev–Trinajstić information content (AvgIpc) is 3.09. The first kappa shape index (κ1) is 25.4. The maximum Gasteiger partial charge on any atom is 0.343 e. The Balaban J connectivity index is 1.71. The van der Waals surface area contributed by atoms with Crippen LogP contribution in [0, 0.1) is 10.1 Å². The molecule has 0 bridgehead atoms. The van der Waals surface area contributed by atoms with E-state index in [1.54, 1.807) is 29.2 Å². The van der Waals surface area contributed by atoms with Gasteiger partial charge in [0.15, 0.2) is 11.5 Å². The molecule has 0 aromatic heterocycles. The minimum absolute atomic E-state index is 0.112. The van der Waals surface area contributed by atoms with Crippen LogP contribution in [0.3, 0.4) is 0 Å². The van der Waals surface area contributed by atoms with Crippen LogP contribution in [-0.4, -0.2) is 39.7 Å². The SMILES string of the molecule is CCCCCCN1C(=O)C(=Cc2ccc(OC(=O)c3ccc([N+](=O)[O-])cc3)c(OC)c2)SC1=S. The summed E-state index contributed by atoms with van der Waals surface area (Å²) < 4.78 is 11.3. The lowest BCUT2D eigenvalue weighted by atomic mass is 10.1. The van der Waals surface area contributed by atoms with Crippen molar-refractivity contribution >= 4 is 51.9 Å². The molecule has 0 spiro atoms. The van der Waals surface area contributed by atoms with Crippen LogP contribution in [0.25, 0.3) is 6.08 Å². The van der Waals surface area contributed by atoms with Crippen molar-refractivity contribution in [2.45, 2.75) is 32.6 Å². The summed E-state index contributed by atoms with van der Waals surface area (Å²) in [6.45, 7) is 2.75. The Bertz CT molecular complexity index is 1130. The lowest BCUT2D eigenvalue weighted by Crippen LogP contribution is -2.28. The average molecular weight is 501 g/mol. The molecule has 1 aliphatic heterocycles. The van der Waals surface area contributed by atoms with Crippen LogP contribution in [0.2, 0.25) is 0 Å². The first-order valence-electron chi connectivity index (χ1n) is 10.7. The minimum atomic E-state index is -0.676. The number of unbranched alkanes of at least 4 members (excludes halogenated alkanes) is 3. The predicted octanol–water partition coefficient (Wildman–Crippen LogP) is 5.60. The zero-order chi connectivity index (χ0) is 24.7. The largest absolute Gasteiger partial charge is 0.493 e. The van der Waals surface area contributed by atoms with Crippen LogP contribution in [0.1, 0.15) is 48.5 Å². The number of carbonyl (C=O) groups is 2. The number of carbonyl (C=O) groups excluding carboxylic acids is 2. The summed E-state index contributed by atoms with van der Waals surface area (Å²) in [5, 5.41) is 10.8. The number of hydrogen-bond acceptors (Lipinski definition) is 8. The van der Waals surface area contributed by atoms with Gasteiger partial charge in [-0.05, 0) is 42.3 Å². The quantitative estimate of drug-likeness (QED) is 0.0790. The van der Waals surface area contributed by atoms with Gasteiger partial charge in [-0.15, -0.1) is 0 Å². The van der Waals surface area contributed by atoms with Gasteiger partial charge in [0.05, 0.1) is 22.5 Å². The summed E-state index contributed by atoms with van der Waals surface area (Å²) in [7, 11) is 1.44. The second-order valence-corrected chi connectivity index (χ2v) is 9.17. The Kier molecular flexibility index (Phi) is 8.78. The first-order chi connectivity index (χ1) is 16.3. The predicted molar refractivity (Wildman–Crippen MR) is 135 cm³/mol. The molecule has 2 aromatic carbocycles. The van der Waals surface area contributed by atoms with Gasteiger partial charge in [-0.3, -0.25) is 19.8 Å². The van der Waals surface area contributed by atoms with Crippen molar-refractivity contribution in [3.63, 3.8) is 0 Å². The molecule has 0 N–H and O–H groups in total. The van der Waals surface area contributed by atoms with Crippen molar-refractivity contribution in [1.29, 1.82) is 0 Å². The van der Waals surface area contributed by atoms with Gasteiger partial charge in [0.2, 0.25) is 0 Å². The molecule has 1 amide bonds. The van der Waals surface area contributed by atoms with Crippen molar-refractivity contribution in [1.82, 2.24) is 4.90 Å². The molecular formula is C24H24N2O6S2. The molecule has 0 atom stereocenters. The normalized spacial score (nSPS) is 14.5. The number of esters is 1. The topological polar surface area (TPSA) is 99.0 Å². The smallest absolute Gasteiger partial charge is 0.343 e. The number of thiocarbonyl (C=S) groups is 1. The summed E-state index contributed by atoms with van der Waals surface area (Å²) in [6.07, 6.45) is 5.96. The summed E-state index contributed by atoms with van der Waals surface area (Å²) in [5.41, 5.74) is 0.739. The van der Waals surface area contributed by atoms with Gasteiger partial charge >= 0.3 is 5.97 Å². The van der Waals surface area contributed by atoms with Crippen molar-refractivity contribution in [2.24, 2.45) is 0 Å². The molecule has 0 radical (unpaired) electrons. The number of thioether (sulfide) groups is 1. The number of nitro benzene ring substituents is 1. The fourth-order valence-corrected chi connectivity index (χ4v) is 4.59.